The predicted octanol–water partition coefficient (Wildman–Crippen LogP) is 3.56. The highest BCUT2D eigenvalue weighted by molar-refractivity contribution is 7.91. The Morgan fingerprint density at radius 1 is 0.950 bits per heavy atom. The van der Waals surface area contributed by atoms with Crippen LogP contribution in [0.2, 0.25) is 0 Å². The van der Waals surface area contributed by atoms with E-state index in [0.717, 1.165) is 0 Å². The first-order valence-corrected chi connectivity index (χ1v) is 21.0. The second-order valence-electron chi connectivity index (χ2n) is 17.2. The van der Waals surface area contributed by atoms with E-state index in [1.807, 2.05) is 0 Å². The monoisotopic (exact) mass is 852 g/mol. The topological polar surface area (TPSA) is 238 Å². The fourth-order valence-electron chi connectivity index (χ4n) is 7.03. The SMILES string of the molecule is C=CC1CC1(NC(=O)C1CC(OC(=O)Nc2ccccc2-n2nc3cc(OC)c(OC)cc3n2)CN1C(=O)C(NC(=O)OC(C)(C)C)C(C)(C)C)C(=O)NS(=O)(=O)C1CC1. The van der Waals surface area contributed by atoms with E-state index in [1.54, 1.807) is 77.9 Å². The number of methoxy groups -OCH3 is 2. The Hall–Kier alpha value is -5.92. The molecule has 60 heavy (non-hydrogen) atoms. The molecule has 1 aromatic heterocycles. The minimum atomic E-state index is -3.96. The molecule has 20 heteroatoms. The number of anilines is 1. The number of ether oxygens (including phenoxy) is 4. The number of alkyl carbamates (subject to hydrolysis) is 1. The summed E-state index contributed by atoms with van der Waals surface area (Å²) in [4.78, 5) is 71.4. The first kappa shape index (κ1) is 43.7. The van der Waals surface area contributed by atoms with E-state index in [2.05, 4.69) is 37.4 Å². The van der Waals surface area contributed by atoms with E-state index in [1.165, 1.54) is 30.0 Å². The van der Waals surface area contributed by atoms with Gasteiger partial charge in [-0.25, -0.2) is 18.0 Å². The highest BCUT2D eigenvalue weighted by atomic mass is 32.2. The lowest BCUT2D eigenvalue weighted by molar-refractivity contribution is -0.143. The lowest BCUT2D eigenvalue weighted by Crippen LogP contribution is -2.60. The predicted molar refractivity (Wildman–Crippen MR) is 218 cm³/mol. The van der Waals surface area contributed by atoms with Gasteiger partial charge in [-0.15, -0.1) is 21.6 Å². The molecular weight excluding hydrogens is 801 g/mol. The molecule has 0 bridgehead atoms. The number of nitrogens with zero attached hydrogens (tertiary/aromatic N) is 4. The van der Waals surface area contributed by atoms with Gasteiger partial charge in [0.2, 0.25) is 21.8 Å². The number of rotatable bonds is 13. The van der Waals surface area contributed by atoms with Crippen molar-refractivity contribution in [2.24, 2.45) is 11.3 Å². The smallest absolute Gasteiger partial charge is 0.412 e. The van der Waals surface area contributed by atoms with Crippen LogP contribution in [0.25, 0.3) is 16.7 Å². The van der Waals surface area contributed by atoms with Gasteiger partial charge < -0.3 is 34.5 Å². The summed E-state index contributed by atoms with van der Waals surface area (Å²) in [6.45, 7) is 13.7. The maximum Gasteiger partial charge on any atom is 0.412 e. The number of carbonyl (C=O) groups is 5. The van der Waals surface area contributed by atoms with Gasteiger partial charge in [-0.1, -0.05) is 39.0 Å². The minimum absolute atomic E-state index is 0.0727. The molecule has 2 heterocycles. The van der Waals surface area contributed by atoms with Crippen LogP contribution in [-0.4, -0.2) is 114 Å². The Bertz CT molecular complexity index is 2270. The summed E-state index contributed by atoms with van der Waals surface area (Å²) in [5.41, 5.74) is -1.78. The summed E-state index contributed by atoms with van der Waals surface area (Å²) < 4.78 is 49.6. The molecule has 19 nitrogen and oxygen atoms in total. The molecule has 3 fully saturated rings. The first-order valence-electron chi connectivity index (χ1n) is 19.5. The van der Waals surface area contributed by atoms with Gasteiger partial charge in [0.15, 0.2) is 11.5 Å². The molecule has 1 saturated heterocycles. The summed E-state index contributed by atoms with van der Waals surface area (Å²) in [6, 6.07) is 7.50. The second-order valence-corrected chi connectivity index (χ2v) is 19.2. The molecule has 5 unspecified atom stereocenters. The molecule has 2 saturated carbocycles. The molecule has 4 N–H and O–H groups in total. The van der Waals surface area contributed by atoms with Gasteiger partial charge in [-0.2, -0.15) is 0 Å². The lowest BCUT2D eigenvalue weighted by Gasteiger charge is -2.36. The Balaban J connectivity index is 1.25. The number of hydrogen-bond acceptors (Lipinski definition) is 13. The molecule has 3 aliphatic rings. The number of nitrogens with one attached hydrogen (secondary N) is 4. The van der Waals surface area contributed by atoms with Crippen molar-refractivity contribution in [3.63, 3.8) is 0 Å². The third-order valence-corrected chi connectivity index (χ3v) is 12.2. The van der Waals surface area contributed by atoms with Crippen LogP contribution in [0.4, 0.5) is 15.3 Å². The number of para-hydroxylation sites is 2. The molecule has 0 radical (unpaired) electrons. The highest BCUT2D eigenvalue weighted by Gasteiger charge is 2.62. The summed E-state index contributed by atoms with van der Waals surface area (Å²) in [7, 11) is -0.955. The Kier molecular flexibility index (Phi) is 11.8. The van der Waals surface area contributed by atoms with Crippen LogP contribution >= 0.6 is 0 Å². The molecule has 2 aromatic carbocycles. The van der Waals surface area contributed by atoms with Crippen molar-refractivity contribution in [3.8, 4) is 17.2 Å². The van der Waals surface area contributed by atoms with Crippen LogP contribution in [0, 0.1) is 11.3 Å². The fourth-order valence-corrected chi connectivity index (χ4v) is 8.39. The quantitative estimate of drug-likeness (QED) is 0.180. The zero-order valence-electron chi connectivity index (χ0n) is 34.9. The number of fused-ring (bicyclic) bond motifs is 1. The number of amides is 5. The average Bonchev–Trinajstić information content (AvgIpc) is 4.06. The average molecular weight is 853 g/mol. The van der Waals surface area contributed by atoms with Crippen molar-refractivity contribution in [1.82, 2.24) is 35.2 Å². The highest BCUT2D eigenvalue weighted by Crippen LogP contribution is 2.45. The van der Waals surface area contributed by atoms with Gasteiger partial charge in [0.1, 0.15) is 46.0 Å². The maximum atomic E-state index is 14.5. The van der Waals surface area contributed by atoms with Crippen LogP contribution in [0.3, 0.4) is 0 Å². The molecule has 1 aliphatic heterocycles. The van der Waals surface area contributed by atoms with Gasteiger partial charge >= 0.3 is 12.2 Å². The number of benzene rings is 2. The lowest BCUT2D eigenvalue weighted by atomic mass is 9.85. The van der Waals surface area contributed by atoms with E-state index in [-0.39, 0.29) is 25.1 Å². The van der Waals surface area contributed by atoms with E-state index in [4.69, 9.17) is 18.9 Å². The van der Waals surface area contributed by atoms with Gasteiger partial charge in [0, 0.05) is 24.5 Å². The van der Waals surface area contributed by atoms with Crippen molar-refractivity contribution < 1.29 is 51.3 Å². The molecule has 6 rings (SSSR count). The largest absolute Gasteiger partial charge is 0.493 e. The summed E-state index contributed by atoms with van der Waals surface area (Å²) >= 11 is 0. The van der Waals surface area contributed by atoms with Crippen molar-refractivity contribution in [2.45, 2.75) is 102 Å². The molecule has 324 valence electrons. The number of aromatic nitrogens is 3. The Morgan fingerprint density at radius 2 is 1.57 bits per heavy atom. The number of hydrogen-bond donors (Lipinski definition) is 4. The maximum absolute atomic E-state index is 14.5. The number of carbonyl (C=O) groups excluding carboxylic acids is 5. The van der Waals surface area contributed by atoms with E-state index < -0.39 is 85.8 Å². The normalized spacial score (nSPS) is 21.9. The van der Waals surface area contributed by atoms with Crippen LogP contribution in [0.5, 0.6) is 11.5 Å². The van der Waals surface area contributed by atoms with Crippen LogP contribution in [0.15, 0.2) is 49.1 Å². The van der Waals surface area contributed by atoms with Crippen LogP contribution in [0.1, 0.15) is 67.2 Å². The molecule has 0 spiro atoms. The molecule has 3 aromatic rings. The zero-order chi connectivity index (χ0) is 43.9. The zero-order valence-corrected chi connectivity index (χ0v) is 35.7. The standard InChI is InChI=1S/C40H52N8O11S/c1-10-22-20-40(22,35(51)46-60(54,55)24-15-16-24)43-33(49)29-17-23(21-47(29)34(50)32(38(2,3)4)42-37(53)59-39(5,6)7)58-36(52)41-25-13-11-12-14-28(25)48-44-26-18-30(56-8)31(57-9)19-27(26)45-48/h10-14,18-19,22-24,29,32H,1,15-17,20-21H2,2-9H3,(H,41,52)(H,42,53)(H,43,49)(H,46,51). The van der Waals surface area contributed by atoms with E-state index in [9.17, 15) is 32.4 Å². The molecular formula is C40H52N8O11S. The summed E-state index contributed by atoms with van der Waals surface area (Å²) in [6.07, 6.45) is -0.688. The van der Waals surface area contributed by atoms with Crippen LogP contribution < -0.4 is 30.1 Å². The van der Waals surface area contributed by atoms with Crippen molar-refractivity contribution in [3.05, 3.63) is 49.1 Å². The van der Waals surface area contributed by atoms with Gasteiger partial charge in [0.05, 0.1) is 31.7 Å². The van der Waals surface area contributed by atoms with Crippen LogP contribution in [-0.2, 0) is 33.9 Å². The summed E-state index contributed by atoms with van der Waals surface area (Å²) in [5.74, 6) is -2.07. The molecule has 5 amide bonds. The third-order valence-electron chi connectivity index (χ3n) is 10.4. The van der Waals surface area contributed by atoms with Crippen molar-refractivity contribution in [1.29, 1.82) is 0 Å². The molecule has 2 aliphatic carbocycles. The van der Waals surface area contributed by atoms with Gasteiger partial charge in [-0.3, -0.25) is 24.4 Å². The third kappa shape index (κ3) is 9.42. The van der Waals surface area contributed by atoms with Crippen molar-refractivity contribution >= 4 is 56.7 Å². The number of sulfonamides is 1. The van der Waals surface area contributed by atoms with E-state index >= 15 is 0 Å². The first-order chi connectivity index (χ1) is 28.1. The minimum Gasteiger partial charge on any atom is -0.493 e. The number of likely N-dealkylation sites (tertiary alicyclic amines) is 1. The summed E-state index contributed by atoms with van der Waals surface area (Å²) in [5, 5.41) is 16.5. The fraction of sp³-hybridized carbons (Fsp3) is 0.525. The Labute approximate surface area is 347 Å². The van der Waals surface area contributed by atoms with E-state index in [0.29, 0.717) is 41.1 Å². The van der Waals surface area contributed by atoms with Gasteiger partial charge in [-0.05, 0) is 57.6 Å². The second kappa shape index (κ2) is 16.3. The molecule has 5 atom stereocenters. The van der Waals surface area contributed by atoms with Gasteiger partial charge in [0.25, 0.3) is 5.91 Å². The Morgan fingerprint density at radius 3 is 2.10 bits per heavy atom. The van der Waals surface area contributed by atoms with Crippen molar-refractivity contribution in [2.75, 3.05) is 26.1 Å².